The normalized spacial score (nSPS) is 11.1. The third kappa shape index (κ3) is 3.37. The molecule has 0 unspecified atom stereocenters. The molecule has 110 valence electrons. The van der Waals surface area contributed by atoms with E-state index in [1.807, 2.05) is 4.72 Å². The first-order valence-corrected chi connectivity index (χ1v) is 7.80. The summed E-state index contributed by atoms with van der Waals surface area (Å²) >= 11 is 3.12. The van der Waals surface area contributed by atoms with Crippen molar-refractivity contribution < 1.29 is 17.7 Å². The first kappa shape index (κ1) is 15.4. The lowest BCUT2D eigenvalue weighted by Gasteiger charge is -2.09. The van der Waals surface area contributed by atoms with Gasteiger partial charge in [-0.2, -0.15) is 0 Å². The van der Waals surface area contributed by atoms with Crippen molar-refractivity contribution in [1.29, 1.82) is 0 Å². The maximum atomic E-state index is 13.7. The molecule has 2 aromatic carbocycles. The molecule has 1 N–H and O–H groups in total. The maximum absolute atomic E-state index is 13.7. The van der Waals surface area contributed by atoms with Crippen LogP contribution in [0.1, 0.15) is 0 Å². The number of nitrogens with zero attached hydrogens (tertiary/aromatic N) is 1. The molecule has 9 heteroatoms. The van der Waals surface area contributed by atoms with Gasteiger partial charge in [-0.25, -0.2) is 12.8 Å². The Bertz CT molecular complexity index is 811. The van der Waals surface area contributed by atoms with Gasteiger partial charge in [0, 0.05) is 10.5 Å². The number of sulfonamides is 1. The fourth-order valence-electron chi connectivity index (χ4n) is 1.59. The van der Waals surface area contributed by atoms with E-state index < -0.39 is 32.1 Å². The standard InChI is InChI=1S/C12H8BrFN2O4S/c13-8-3-1-4-9(7-8)21(19,20)15-12-10(14)5-2-6-11(12)16(17)18/h1-7,15H. The van der Waals surface area contributed by atoms with Crippen molar-refractivity contribution in [3.8, 4) is 0 Å². The molecule has 6 nitrogen and oxygen atoms in total. The quantitative estimate of drug-likeness (QED) is 0.656. The molecule has 0 aliphatic carbocycles. The number of hydrogen-bond acceptors (Lipinski definition) is 4. The molecule has 2 aromatic rings. The minimum atomic E-state index is -4.14. The van der Waals surface area contributed by atoms with Crippen LogP contribution < -0.4 is 4.72 Å². The average molecular weight is 375 g/mol. The molecule has 0 radical (unpaired) electrons. The molecule has 0 heterocycles. The molecule has 0 fully saturated rings. The smallest absolute Gasteiger partial charge is 0.271 e. The molecule has 0 aliphatic rings. The highest BCUT2D eigenvalue weighted by Crippen LogP contribution is 2.29. The van der Waals surface area contributed by atoms with Crippen LogP contribution in [0.4, 0.5) is 15.8 Å². The fraction of sp³-hybridized carbons (Fsp3) is 0. The van der Waals surface area contributed by atoms with Gasteiger partial charge in [0.1, 0.15) is 0 Å². The monoisotopic (exact) mass is 374 g/mol. The summed E-state index contributed by atoms with van der Waals surface area (Å²) < 4.78 is 40.4. The molecule has 2 rings (SSSR count). The van der Waals surface area contributed by atoms with Gasteiger partial charge in [-0.1, -0.05) is 28.1 Å². The molecule has 0 aromatic heterocycles. The molecule has 21 heavy (non-hydrogen) atoms. The lowest BCUT2D eigenvalue weighted by Crippen LogP contribution is -2.15. The van der Waals surface area contributed by atoms with Gasteiger partial charge >= 0.3 is 0 Å². The van der Waals surface area contributed by atoms with Crippen molar-refractivity contribution in [2.24, 2.45) is 0 Å². The van der Waals surface area contributed by atoms with E-state index >= 15 is 0 Å². The van der Waals surface area contributed by atoms with Crippen molar-refractivity contribution >= 4 is 37.3 Å². The summed E-state index contributed by atoms with van der Waals surface area (Å²) in [7, 11) is -4.14. The van der Waals surface area contributed by atoms with E-state index in [0.29, 0.717) is 4.47 Å². The molecule has 0 saturated carbocycles. The molecule has 0 aliphatic heterocycles. The Hall–Kier alpha value is -2.00. The number of nitro benzene ring substituents is 1. The zero-order valence-corrected chi connectivity index (χ0v) is 12.7. The fourth-order valence-corrected chi connectivity index (χ4v) is 3.27. The van der Waals surface area contributed by atoms with E-state index in [4.69, 9.17) is 0 Å². The second kappa shape index (κ2) is 5.78. The van der Waals surface area contributed by atoms with E-state index in [9.17, 15) is 22.9 Å². The maximum Gasteiger partial charge on any atom is 0.296 e. The Morgan fingerprint density at radius 3 is 2.48 bits per heavy atom. The third-order valence-corrected chi connectivity index (χ3v) is 4.37. The predicted octanol–water partition coefficient (Wildman–Crippen LogP) is 3.30. The Kier molecular flexibility index (Phi) is 4.24. The second-order valence-electron chi connectivity index (χ2n) is 3.95. The van der Waals surface area contributed by atoms with Crippen molar-refractivity contribution in [3.63, 3.8) is 0 Å². The van der Waals surface area contributed by atoms with Gasteiger partial charge in [0.05, 0.1) is 9.82 Å². The van der Waals surface area contributed by atoms with E-state index in [0.717, 1.165) is 18.2 Å². The average Bonchev–Trinajstić information content (AvgIpc) is 2.40. The van der Waals surface area contributed by atoms with Crippen LogP contribution in [0.3, 0.4) is 0 Å². The number of halogens is 2. The number of para-hydroxylation sites is 1. The summed E-state index contributed by atoms with van der Waals surface area (Å²) in [6, 6.07) is 8.77. The Labute approximate surface area is 127 Å². The lowest BCUT2D eigenvalue weighted by molar-refractivity contribution is -0.384. The Morgan fingerprint density at radius 1 is 1.19 bits per heavy atom. The SMILES string of the molecule is O=[N+]([O-])c1cccc(F)c1NS(=O)(=O)c1cccc(Br)c1. The number of nitro groups is 1. The van der Waals surface area contributed by atoms with Gasteiger partial charge in [0.15, 0.2) is 11.5 Å². The highest BCUT2D eigenvalue weighted by molar-refractivity contribution is 9.10. The van der Waals surface area contributed by atoms with Crippen LogP contribution in [0.5, 0.6) is 0 Å². The van der Waals surface area contributed by atoms with Gasteiger partial charge in [-0.3, -0.25) is 14.8 Å². The van der Waals surface area contributed by atoms with Crippen LogP contribution in [-0.4, -0.2) is 13.3 Å². The molecular formula is C12H8BrFN2O4S. The van der Waals surface area contributed by atoms with Crippen LogP contribution in [0, 0.1) is 15.9 Å². The van der Waals surface area contributed by atoms with E-state index in [-0.39, 0.29) is 4.90 Å². The zero-order chi connectivity index (χ0) is 15.6. The number of nitrogens with one attached hydrogen (secondary N) is 1. The van der Waals surface area contributed by atoms with Crippen LogP contribution >= 0.6 is 15.9 Å². The van der Waals surface area contributed by atoms with E-state index in [1.54, 1.807) is 6.07 Å². The largest absolute Gasteiger partial charge is 0.296 e. The number of anilines is 1. The lowest BCUT2D eigenvalue weighted by atomic mass is 10.2. The van der Waals surface area contributed by atoms with Gasteiger partial charge in [0.25, 0.3) is 15.7 Å². The molecular weight excluding hydrogens is 367 g/mol. The molecule has 0 spiro atoms. The summed E-state index contributed by atoms with van der Waals surface area (Å²) in [5, 5.41) is 10.8. The minimum absolute atomic E-state index is 0.144. The highest BCUT2D eigenvalue weighted by atomic mass is 79.9. The number of benzene rings is 2. The first-order valence-electron chi connectivity index (χ1n) is 5.52. The third-order valence-electron chi connectivity index (χ3n) is 2.53. The van der Waals surface area contributed by atoms with E-state index in [1.165, 1.54) is 18.2 Å². The highest BCUT2D eigenvalue weighted by Gasteiger charge is 2.24. The van der Waals surface area contributed by atoms with Crippen molar-refractivity contribution in [3.05, 3.63) is 62.9 Å². The summed E-state index contributed by atoms with van der Waals surface area (Å²) in [6.07, 6.45) is 0. The molecule has 0 bridgehead atoms. The minimum Gasteiger partial charge on any atom is -0.271 e. The molecule has 0 amide bonds. The summed E-state index contributed by atoms with van der Waals surface area (Å²) in [4.78, 5) is 9.84. The van der Waals surface area contributed by atoms with Gasteiger partial charge < -0.3 is 0 Å². The predicted molar refractivity (Wildman–Crippen MR) is 78.0 cm³/mol. The number of rotatable bonds is 4. The van der Waals surface area contributed by atoms with Gasteiger partial charge in [0.2, 0.25) is 0 Å². The van der Waals surface area contributed by atoms with Crippen LogP contribution in [0.25, 0.3) is 0 Å². The topological polar surface area (TPSA) is 89.3 Å². The summed E-state index contributed by atoms with van der Waals surface area (Å²) in [5.74, 6) is -1.03. The first-order chi connectivity index (χ1) is 9.81. The van der Waals surface area contributed by atoms with Crippen LogP contribution in [0.2, 0.25) is 0 Å². The molecule has 0 saturated heterocycles. The van der Waals surface area contributed by atoms with Crippen molar-refractivity contribution in [2.75, 3.05) is 4.72 Å². The second-order valence-corrected chi connectivity index (χ2v) is 6.55. The molecule has 0 atom stereocenters. The van der Waals surface area contributed by atoms with Gasteiger partial charge in [-0.15, -0.1) is 0 Å². The number of hydrogen-bond donors (Lipinski definition) is 1. The van der Waals surface area contributed by atoms with E-state index in [2.05, 4.69) is 15.9 Å². The summed E-state index contributed by atoms with van der Waals surface area (Å²) in [6.45, 7) is 0. The summed E-state index contributed by atoms with van der Waals surface area (Å²) in [5.41, 5.74) is -1.35. The van der Waals surface area contributed by atoms with Crippen LogP contribution in [-0.2, 0) is 10.0 Å². The van der Waals surface area contributed by atoms with Crippen LogP contribution in [0.15, 0.2) is 51.8 Å². The zero-order valence-electron chi connectivity index (χ0n) is 10.3. The Morgan fingerprint density at radius 2 is 1.86 bits per heavy atom. The Balaban J connectivity index is 2.49. The van der Waals surface area contributed by atoms with Crippen molar-refractivity contribution in [1.82, 2.24) is 0 Å². The van der Waals surface area contributed by atoms with Crippen molar-refractivity contribution in [2.45, 2.75) is 4.90 Å². The van der Waals surface area contributed by atoms with Gasteiger partial charge in [-0.05, 0) is 24.3 Å².